The van der Waals surface area contributed by atoms with Gasteiger partial charge in [0.25, 0.3) is 0 Å². The maximum absolute atomic E-state index is 11.5. The van der Waals surface area contributed by atoms with Crippen LogP contribution in [-0.2, 0) is 9.53 Å². The summed E-state index contributed by atoms with van der Waals surface area (Å²) in [5, 5.41) is 19.2. The molecule has 0 heterocycles. The zero-order valence-corrected chi connectivity index (χ0v) is 11.4. The lowest BCUT2D eigenvalue weighted by molar-refractivity contribution is -0.163. The molecule has 1 aliphatic carbocycles. The molecule has 0 saturated heterocycles. The van der Waals surface area contributed by atoms with Gasteiger partial charge in [0.05, 0.1) is 13.7 Å². The minimum absolute atomic E-state index is 0.0355. The molecule has 0 aromatic heterocycles. The maximum atomic E-state index is 11.5. The lowest BCUT2D eigenvalue weighted by Crippen LogP contribution is -2.51. The highest BCUT2D eigenvalue weighted by molar-refractivity contribution is 5.78. The Bertz CT molecular complexity index is 262. The minimum atomic E-state index is -1.51. The van der Waals surface area contributed by atoms with Crippen molar-refractivity contribution in [1.29, 1.82) is 0 Å². The molecule has 1 aliphatic rings. The first-order valence-electron chi connectivity index (χ1n) is 6.67. The summed E-state index contributed by atoms with van der Waals surface area (Å²) in [4.78, 5) is 13.5. The van der Waals surface area contributed by atoms with Crippen LogP contribution in [0.3, 0.4) is 0 Å². The summed E-state index contributed by atoms with van der Waals surface area (Å²) in [5.74, 6) is -0.624. The Balaban J connectivity index is 2.63. The van der Waals surface area contributed by atoms with E-state index in [1.807, 2.05) is 4.90 Å². The van der Waals surface area contributed by atoms with Crippen molar-refractivity contribution >= 4 is 5.97 Å². The molecular weight excluding hydrogens is 234 g/mol. The van der Waals surface area contributed by atoms with E-state index in [9.17, 15) is 9.90 Å². The summed E-state index contributed by atoms with van der Waals surface area (Å²) in [5.41, 5.74) is -1.51. The predicted molar refractivity (Wildman–Crippen MR) is 68.2 cm³/mol. The molecule has 0 spiro atoms. The fourth-order valence-corrected chi connectivity index (χ4v) is 2.65. The van der Waals surface area contributed by atoms with E-state index in [1.54, 1.807) is 0 Å². The lowest BCUT2D eigenvalue weighted by Gasteiger charge is -2.37. The van der Waals surface area contributed by atoms with E-state index < -0.39 is 11.6 Å². The van der Waals surface area contributed by atoms with Crippen molar-refractivity contribution in [2.75, 3.05) is 26.8 Å². The normalized spacial score (nSPS) is 20.7. The van der Waals surface area contributed by atoms with Gasteiger partial charge in [0.2, 0.25) is 0 Å². The molecule has 1 saturated carbocycles. The highest BCUT2D eigenvalue weighted by Gasteiger charge is 2.35. The third kappa shape index (κ3) is 4.23. The molecule has 0 bridgehead atoms. The summed E-state index contributed by atoms with van der Waals surface area (Å²) in [6.45, 7) is 2.20. The van der Waals surface area contributed by atoms with Gasteiger partial charge in [-0.25, -0.2) is 4.79 Å². The van der Waals surface area contributed by atoms with Crippen molar-refractivity contribution in [3.8, 4) is 0 Å². The molecule has 0 aliphatic heterocycles. The highest BCUT2D eigenvalue weighted by atomic mass is 16.5. The summed E-state index contributed by atoms with van der Waals surface area (Å²) < 4.78 is 4.60. The van der Waals surface area contributed by atoms with Gasteiger partial charge in [-0.1, -0.05) is 19.3 Å². The number of nitrogens with zero attached hydrogens (tertiary/aromatic N) is 1. The second-order valence-electron chi connectivity index (χ2n) is 5.25. The van der Waals surface area contributed by atoms with Crippen molar-refractivity contribution in [3.63, 3.8) is 0 Å². The largest absolute Gasteiger partial charge is 0.467 e. The zero-order valence-electron chi connectivity index (χ0n) is 11.4. The van der Waals surface area contributed by atoms with Crippen molar-refractivity contribution in [3.05, 3.63) is 0 Å². The monoisotopic (exact) mass is 259 g/mol. The van der Waals surface area contributed by atoms with Crippen LogP contribution >= 0.6 is 0 Å². The highest BCUT2D eigenvalue weighted by Crippen LogP contribution is 2.24. The smallest absolute Gasteiger partial charge is 0.338 e. The summed E-state index contributed by atoms with van der Waals surface area (Å²) in [6, 6.07) is 0.349. The minimum Gasteiger partial charge on any atom is -0.467 e. The molecule has 0 aromatic carbocycles. The topological polar surface area (TPSA) is 70.0 Å². The quantitative estimate of drug-likeness (QED) is 0.681. The zero-order chi connectivity index (χ0) is 13.6. The predicted octanol–water partition coefficient (Wildman–Crippen LogP) is 0.537. The van der Waals surface area contributed by atoms with E-state index in [0.29, 0.717) is 12.6 Å². The second-order valence-corrected chi connectivity index (χ2v) is 5.25. The molecule has 5 heteroatoms. The molecule has 0 aromatic rings. The number of carbonyl (C=O) groups is 1. The molecule has 2 N–H and O–H groups in total. The van der Waals surface area contributed by atoms with Crippen molar-refractivity contribution in [1.82, 2.24) is 4.90 Å². The van der Waals surface area contributed by atoms with Gasteiger partial charge in [-0.2, -0.15) is 0 Å². The molecule has 1 fully saturated rings. The number of ether oxygens (including phenoxy) is 1. The van der Waals surface area contributed by atoms with Gasteiger partial charge >= 0.3 is 5.97 Å². The number of carbonyl (C=O) groups excluding carboxylic acids is 1. The Morgan fingerprint density at radius 1 is 1.39 bits per heavy atom. The second kappa shape index (κ2) is 7.07. The first-order chi connectivity index (χ1) is 8.51. The van der Waals surface area contributed by atoms with Crippen LogP contribution in [0.4, 0.5) is 0 Å². The number of rotatable bonds is 6. The van der Waals surface area contributed by atoms with E-state index >= 15 is 0 Å². The van der Waals surface area contributed by atoms with Gasteiger partial charge in [-0.3, -0.25) is 4.90 Å². The Kier molecular flexibility index (Phi) is 6.05. The fraction of sp³-hybridized carbons (Fsp3) is 0.923. The standard InChI is InChI=1S/C13H25NO4/c1-13(17,12(16)18-2)10-14(8-9-15)11-6-4-3-5-7-11/h11,15,17H,3-10H2,1-2H3. The van der Waals surface area contributed by atoms with E-state index in [0.717, 1.165) is 12.8 Å². The number of aliphatic hydroxyl groups is 2. The third-order valence-corrected chi connectivity index (χ3v) is 3.61. The number of hydrogen-bond acceptors (Lipinski definition) is 5. The Morgan fingerprint density at radius 2 is 2.00 bits per heavy atom. The maximum Gasteiger partial charge on any atom is 0.338 e. The number of aliphatic hydroxyl groups excluding tert-OH is 1. The van der Waals surface area contributed by atoms with Crippen LogP contribution in [0.2, 0.25) is 0 Å². The SMILES string of the molecule is COC(=O)C(C)(O)CN(CCO)C1CCCCC1. The fourth-order valence-electron chi connectivity index (χ4n) is 2.65. The van der Waals surface area contributed by atoms with Crippen molar-refractivity contribution in [2.24, 2.45) is 0 Å². The van der Waals surface area contributed by atoms with Crippen molar-refractivity contribution in [2.45, 2.75) is 50.7 Å². The molecule has 1 rings (SSSR count). The van der Waals surface area contributed by atoms with Gasteiger partial charge < -0.3 is 14.9 Å². The van der Waals surface area contributed by atoms with E-state index in [1.165, 1.54) is 33.3 Å². The van der Waals surface area contributed by atoms with Gasteiger partial charge in [-0.15, -0.1) is 0 Å². The molecule has 0 radical (unpaired) electrons. The van der Waals surface area contributed by atoms with Crippen LogP contribution in [-0.4, -0.2) is 59.5 Å². The molecular formula is C13H25NO4. The van der Waals surface area contributed by atoms with E-state index in [2.05, 4.69) is 4.74 Å². The van der Waals surface area contributed by atoms with Crippen molar-refractivity contribution < 1.29 is 19.7 Å². The summed E-state index contributed by atoms with van der Waals surface area (Å²) >= 11 is 0. The molecule has 0 amide bonds. The first-order valence-corrected chi connectivity index (χ1v) is 6.67. The van der Waals surface area contributed by atoms with Crippen LogP contribution in [0.15, 0.2) is 0 Å². The molecule has 1 unspecified atom stereocenters. The molecule has 5 nitrogen and oxygen atoms in total. The average molecular weight is 259 g/mol. The van der Waals surface area contributed by atoms with Gasteiger partial charge in [-0.05, 0) is 19.8 Å². The van der Waals surface area contributed by atoms with E-state index in [-0.39, 0.29) is 13.2 Å². The lowest BCUT2D eigenvalue weighted by atomic mass is 9.93. The third-order valence-electron chi connectivity index (χ3n) is 3.61. The number of hydrogen-bond donors (Lipinski definition) is 2. The Hall–Kier alpha value is -0.650. The first kappa shape index (κ1) is 15.4. The number of esters is 1. The molecule has 18 heavy (non-hydrogen) atoms. The van der Waals surface area contributed by atoms with E-state index in [4.69, 9.17) is 5.11 Å². The van der Waals surface area contributed by atoms with Crippen LogP contribution in [0, 0.1) is 0 Å². The van der Waals surface area contributed by atoms with Gasteiger partial charge in [0, 0.05) is 19.1 Å². The average Bonchev–Trinajstić information content (AvgIpc) is 2.38. The van der Waals surface area contributed by atoms with Crippen LogP contribution in [0.25, 0.3) is 0 Å². The van der Waals surface area contributed by atoms with Gasteiger partial charge in [0.1, 0.15) is 0 Å². The van der Waals surface area contributed by atoms with Crippen LogP contribution in [0.5, 0.6) is 0 Å². The Labute approximate surface area is 109 Å². The molecule has 1 atom stereocenters. The van der Waals surface area contributed by atoms with Gasteiger partial charge in [0.15, 0.2) is 5.60 Å². The Morgan fingerprint density at radius 3 is 2.50 bits per heavy atom. The van der Waals surface area contributed by atoms with Crippen LogP contribution in [0.1, 0.15) is 39.0 Å². The number of methoxy groups -OCH3 is 1. The molecule has 106 valence electrons. The summed E-state index contributed by atoms with van der Waals surface area (Å²) in [7, 11) is 1.27. The summed E-state index contributed by atoms with van der Waals surface area (Å²) in [6.07, 6.45) is 5.73. The van der Waals surface area contributed by atoms with Crippen LogP contribution < -0.4 is 0 Å².